The maximum atomic E-state index is 11.4. The van der Waals surface area contributed by atoms with Crippen molar-refractivity contribution in [1.82, 2.24) is 0 Å². The molecule has 16 heavy (non-hydrogen) atoms. The van der Waals surface area contributed by atoms with Crippen molar-refractivity contribution in [2.45, 2.75) is 19.8 Å². The van der Waals surface area contributed by atoms with Gasteiger partial charge in [0.1, 0.15) is 0 Å². The summed E-state index contributed by atoms with van der Waals surface area (Å²) in [5.41, 5.74) is 1.53. The van der Waals surface area contributed by atoms with Crippen LogP contribution in [0, 0.1) is 0 Å². The minimum Gasteiger partial charge on any atom is -0.469 e. The van der Waals surface area contributed by atoms with E-state index in [0.717, 1.165) is 10.0 Å². The van der Waals surface area contributed by atoms with Crippen LogP contribution in [0.3, 0.4) is 0 Å². The van der Waals surface area contributed by atoms with E-state index >= 15 is 0 Å². The van der Waals surface area contributed by atoms with Crippen LogP contribution in [0.1, 0.15) is 29.3 Å². The molecule has 0 saturated heterocycles. The van der Waals surface area contributed by atoms with Crippen molar-refractivity contribution >= 4 is 27.7 Å². The molecule has 0 saturated carbocycles. The summed E-state index contributed by atoms with van der Waals surface area (Å²) in [5.74, 6) is -0.265. The maximum absolute atomic E-state index is 11.4. The average molecular weight is 285 g/mol. The number of carbonyl (C=O) groups is 2. The monoisotopic (exact) mass is 284 g/mol. The van der Waals surface area contributed by atoms with E-state index in [9.17, 15) is 9.59 Å². The lowest BCUT2D eigenvalue weighted by atomic mass is 10.0. The Balaban J connectivity index is 2.87. The third-order valence-electron chi connectivity index (χ3n) is 2.28. The second kappa shape index (κ2) is 5.80. The molecule has 0 aliphatic rings. The molecule has 0 fully saturated rings. The third-order valence-corrected chi connectivity index (χ3v) is 2.77. The van der Waals surface area contributed by atoms with Crippen LogP contribution >= 0.6 is 15.9 Å². The van der Waals surface area contributed by atoms with Gasteiger partial charge in [-0.1, -0.05) is 22.0 Å². The molecule has 0 atom stereocenters. The molecule has 0 spiro atoms. The highest BCUT2D eigenvalue weighted by Gasteiger charge is 2.09. The summed E-state index contributed by atoms with van der Waals surface area (Å²) >= 11 is 3.31. The minimum atomic E-state index is -0.266. The van der Waals surface area contributed by atoms with E-state index in [4.69, 9.17) is 0 Å². The second-order valence-corrected chi connectivity index (χ2v) is 4.35. The molecular weight excluding hydrogens is 272 g/mol. The quantitative estimate of drug-likeness (QED) is 0.631. The van der Waals surface area contributed by atoms with Crippen molar-refractivity contribution < 1.29 is 14.3 Å². The highest BCUT2D eigenvalue weighted by atomic mass is 79.9. The molecule has 0 N–H and O–H groups in total. The van der Waals surface area contributed by atoms with Crippen molar-refractivity contribution in [3.63, 3.8) is 0 Å². The Labute approximate surface area is 103 Å². The second-order valence-electron chi connectivity index (χ2n) is 3.43. The molecule has 4 heteroatoms. The zero-order valence-corrected chi connectivity index (χ0v) is 10.8. The fourth-order valence-electron chi connectivity index (χ4n) is 1.43. The number of esters is 1. The molecule has 1 rings (SSSR count). The van der Waals surface area contributed by atoms with Gasteiger partial charge in [-0.2, -0.15) is 0 Å². The molecule has 1 aromatic rings. The smallest absolute Gasteiger partial charge is 0.305 e. The van der Waals surface area contributed by atoms with Gasteiger partial charge in [0.2, 0.25) is 0 Å². The van der Waals surface area contributed by atoms with Crippen LogP contribution < -0.4 is 0 Å². The van der Waals surface area contributed by atoms with E-state index in [-0.39, 0.29) is 11.8 Å². The third kappa shape index (κ3) is 3.45. The standard InChI is InChI=1S/C12H13BrO3/c1-8(14)11-7-10(13)5-3-9(11)4-6-12(15)16-2/h3,5,7H,4,6H2,1-2H3. The first kappa shape index (κ1) is 12.9. The summed E-state index contributed by atoms with van der Waals surface area (Å²) in [6, 6.07) is 5.48. The summed E-state index contributed by atoms with van der Waals surface area (Å²) < 4.78 is 5.42. The Morgan fingerprint density at radius 3 is 2.62 bits per heavy atom. The largest absolute Gasteiger partial charge is 0.469 e. The zero-order chi connectivity index (χ0) is 12.1. The van der Waals surface area contributed by atoms with Gasteiger partial charge in [0.05, 0.1) is 7.11 Å². The topological polar surface area (TPSA) is 43.4 Å². The Bertz CT molecular complexity index is 413. The van der Waals surface area contributed by atoms with E-state index in [2.05, 4.69) is 20.7 Å². The molecule has 0 heterocycles. The van der Waals surface area contributed by atoms with Gasteiger partial charge in [-0.05, 0) is 31.0 Å². The number of Topliss-reactive ketones (excluding diaryl/α,β-unsaturated/α-hetero) is 1. The highest BCUT2D eigenvalue weighted by molar-refractivity contribution is 9.10. The van der Waals surface area contributed by atoms with Crippen LogP contribution in [0.15, 0.2) is 22.7 Å². The number of halogens is 1. The number of rotatable bonds is 4. The molecule has 0 aliphatic carbocycles. The number of benzene rings is 1. The van der Waals surface area contributed by atoms with Gasteiger partial charge in [-0.25, -0.2) is 0 Å². The molecule has 3 nitrogen and oxygen atoms in total. The number of hydrogen-bond acceptors (Lipinski definition) is 3. The van der Waals surface area contributed by atoms with Gasteiger partial charge >= 0.3 is 5.97 Å². The lowest BCUT2D eigenvalue weighted by Crippen LogP contribution is -2.05. The minimum absolute atomic E-state index is 0.00108. The number of hydrogen-bond donors (Lipinski definition) is 0. The van der Waals surface area contributed by atoms with E-state index < -0.39 is 0 Å². The molecule has 0 radical (unpaired) electrons. The number of ketones is 1. The summed E-state index contributed by atoms with van der Waals surface area (Å²) in [6.45, 7) is 1.52. The van der Waals surface area contributed by atoms with Crippen LogP contribution in [0.5, 0.6) is 0 Å². The number of methoxy groups -OCH3 is 1. The van der Waals surface area contributed by atoms with Gasteiger partial charge in [0.25, 0.3) is 0 Å². The van der Waals surface area contributed by atoms with Gasteiger partial charge < -0.3 is 4.74 Å². The molecule has 0 aromatic heterocycles. The van der Waals surface area contributed by atoms with Crippen molar-refractivity contribution in [2.24, 2.45) is 0 Å². The lowest BCUT2D eigenvalue weighted by molar-refractivity contribution is -0.140. The fraction of sp³-hybridized carbons (Fsp3) is 0.333. The molecule has 1 aromatic carbocycles. The van der Waals surface area contributed by atoms with Gasteiger partial charge in [0, 0.05) is 16.5 Å². The SMILES string of the molecule is COC(=O)CCc1ccc(Br)cc1C(C)=O. The maximum Gasteiger partial charge on any atom is 0.305 e. The molecule has 0 aliphatic heterocycles. The Morgan fingerprint density at radius 2 is 2.06 bits per heavy atom. The molecule has 0 bridgehead atoms. The van der Waals surface area contributed by atoms with E-state index in [1.807, 2.05) is 12.1 Å². The van der Waals surface area contributed by atoms with Crippen LogP contribution in [0.2, 0.25) is 0 Å². The fourth-order valence-corrected chi connectivity index (χ4v) is 1.79. The first-order chi connectivity index (χ1) is 7.54. The molecular formula is C12H13BrO3. The summed E-state index contributed by atoms with van der Waals surface area (Å²) in [6.07, 6.45) is 0.813. The van der Waals surface area contributed by atoms with Crippen molar-refractivity contribution in [3.05, 3.63) is 33.8 Å². The predicted molar refractivity (Wildman–Crippen MR) is 64.5 cm³/mol. The molecule has 86 valence electrons. The lowest BCUT2D eigenvalue weighted by Gasteiger charge is -2.06. The first-order valence-electron chi connectivity index (χ1n) is 4.90. The van der Waals surface area contributed by atoms with Crippen LogP contribution in [-0.4, -0.2) is 18.9 Å². The van der Waals surface area contributed by atoms with E-state index in [0.29, 0.717) is 18.4 Å². The van der Waals surface area contributed by atoms with E-state index in [1.54, 1.807) is 6.07 Å². The number of carbonyl (C=O) groups excluding carboxylic acids is 2. The number of ether oxygens (including phenoxy) is 1. The van der Waals surface area contributed by atoms with Gasteiger partial charge in [-0.3, -0.25) is 9.59 Å². The zero-order valence-electron chi connectivity index (χ0n) is 9.25. The Kier molecular flexibility index (Phi) is 4.68. The number of aryl methyl sites for hydroxylation is 1. The van der Waals surface area contributed by atoms with Crippen molar-refractivity contribution in [1.29, 1.82) is 0 Å². The van der Waals surface area contributed by atoms with Gasteiger partial charge in [0.15, 0.2) is 5.78 Å². The van der Waals surface area contributed by atoms with Crippen molar-refractivity contribution in [3.8, 4) is 0 Å². The summed E-state index contributed by atoms with van der Waals surface area (Å²) in [7, 11) is 1.36. The van der Waals surface area contributed by atoms with E-state index in [1.165, 1.54) is 14.0 Å². The normalized spacial score (nSPS) is 9.94. The van der Waals surface area contributed by atoms with Crippen molar-refractivity contribution in [2.75, 3.05) is 7.11 Å². The summed E-state index contributed by atoms with van der Waals surface area (Å²) in [5, 5.41) is 0. The Hall–Kier alpha value is -1.16. The molecule has 0 unspecified atom stereocenters. The van der Waals surface area contributed by atoms with Crippen LogP contribution in [0.4, 0.5) is 0 Å². The summed E-state index contributed by atoms with van der Waals surface area (Å²) in [4.78, 5) is 22.4. The van der Waals surface area contributed by atoms with Crippen LogP contribution in [0.25, 0.3) is 0 Å². The molecule has 0 amide bonds. The average Bonchev–Trinajstić information content (AvgIpc) is 2.26. The first-order valence-corrected chi connectivity index (χ1v) is 5.70. The van der Waals surface area contributed by atoms with Crippen LogP contribution in [-0.2, 0) is 16.0 Å². The van der Waals surface area contributed by atoms with Gasteiger partial charge in [-0.15, -0.1) is 0 Å². The predicted octanol–water partition coefficient (Wildman–Crippen LogP) is 2.76. The highest BCUT2D eigenvalue weighted by Crippen LogP contribution is 2.18. The Morgan fingerprint density at radius 1 is 1.38 bits per heavy atom.